The minimum atomic E-state index is -0.294. The number of rotatable bonds is 12. The molecule has 8 nitrogen and oxygen atoms in total. The van der Waals surface area contributed by atoms with Crippen LogP contribution in [0, 0.1) is 13.8 Å². The second-order valence-corrected chi connectivity index (χ2v) is 11.1. The van der Waals surface area contributed by atoms with Crippen molar-refractivity contribution in [3.05, 3.63) is 75.5 Å². The fourth-order valence-electron chi connectivity index (χ4n) is 4.90. The van der Waals surface area contributed by atoms with Crippen LogP contribution in [0.1, 0.15) is 34.4 Å². The molecule has 1 aliphatic rings. The van der Waals surface area contributed by atoms with Crippen LogP contribution in [0.5, 0.6) is 11.5 Å². The van der Waals surface area contributed by atoms with Crippen LogP contribution in [0.25, 0.3) is 0 Å². The monoisotopic (exact) mass is 565 g/mol. The van der Waals surface area contributed by atoms with Crippen LogP contribution in [0.3, 0.4) is 0 Å². The molecular formula is C31H39N3O5S. The molecule has 214 valence electrons. The Bertz CT molecular complexity index is 1250. The van der Waals surface area contributed by atoms with E-state index in [0.717, 1.165) is 40.1 Å². The van der Waals surface area contributed by atoms with Crippen LogP contribution < -0.4 is 14.8 Å². The van der Waals surface area contributed by atoms with Gasteiger partial charge < -0.3 is 29.3 Å². The van der Waals surface area contributed by atoms with Gasteiger partial charge in [0.2, 0.25) is 5.91 Å². The second kappa shape index (κ2) is 14.2. The van der Waals surface area contributed by atoms with Crippen molar-refractivity contribution in [2.75, 3.05) is 45.8 Å². The van der Waals surface area contributed by atoms with Gasteiger partial charge in [-0.05, 0) is 73.4 Å². The van der Waals surface area contributed by atoms with Gasteiger partial charge in [0.1, 0.15) is 6.54 Å². The zero-order chi connectivity index (χ0) is 28.5. The Labute approximate surface area is 240 Å². The van der Waals surface area contributed by atoms with Crippen LogP contribution in [0.15, 0.2) is 53.9 Å². The minimum Gasteiger partial charge on any atom is -0.493 e. The number of methoxy groups -OCH3 is 2. The summed E-state index contributed by atoms with van der Waals surface area (Å²) in [5, 5.41) is 5.07. The molecule has 9 heteroatoms. The van der Waals surface area contributed by atoms with Crippen molar-refractivity contribution in [1.29, 1.82) is 0 Å². The molecule has 2 aromatic carbocycles. The molecule has 1 N–H and O–H groups in total. The van der Waals surface area contributed by atoms with E-state index in [1.54, 1.807) is 30.5 Å². The second-order valence-electron chi connectivity index (χ2n) is 10.0. The number of thiophene rings is 1. The van der Waals surface area contributed by atoms with Crippen LogP contribution >= 0.6 is 11.3 Å². The number of para-hydroxylation sites is 1. The van der Waals surface area contributed by atoms with E-state index in [-0.39, 0.29) is 24.6 Å². The molecule has 1 aromatic heterocycles. The number of aryl methyl sites for hydroxylation is 2. The molecule has 4 rings (SSSR count). The van der Waals surface area contributed by atoms with Gasteiger partial charge in [0.25, 0.3) is 0 Å². The average Bonchev–Trinajstić information content (AvgIpc) is 3.67. The van der Waals surface area contributed by atoms with Crippen molar-refractivity contribution < 1.29 is 23.8 Å². The normalized spacial score (nSPS) is 14.6. The van der Waals surface area contributed by atoms with E-state index in [0.29, 0.717) is 44.2 Å². The summed E-state index contributed by atoms with van der Waals surface area (Å²) < 4.78 is 16.7. The Balaban J connectivity index is 1.51. The maximum absolute atomic E-state index is 13.8. The summed E-state index contributed by atoms with van der Waals surface area (Å²) in [5.74, 6) is 1.21. The highest BCUT2D eigenvalue weighted by atomic mass is 32.1. The van der Waals surface area contributed by atoms with Gasteiger partial charge in [0, 0.05) is 30.3 Å². The molecule has 40 heavy (non-hydrogen) atoms. The summed E-state index contributed by atoms with van der Waals surface area (Å²) in [6, 6.07) is 15.4. The van der Waals surface area contributed by atoms with Crippen LogP contribution in [0.2, 0.25) is 0 Å². The molecule has 3 amide bonds. The van der Waals surface area contributed by atoms with Gasteiger partial charge in [0.05, 0.1) is 26.9 Å². The number of amides is 3. The van der Waals surface area contributed by atoms with E-state index in [1.807, 2.05) is 72.7 Å². The van der Waals surface area contributed by atoms with Crippen molar-refractivity contribution >= 4 is 29.0 Å². The zero-order valence-corrected chi connectivity index (χ0v) is 24.6. The van der Waals surface area contributed by atoms with Gasteiger partial charge in [-0.15, -0.1) is 11.3 Å². The molecule has 0 aliphatic carbocycles. The lowest BCUT2D eigenvalue weighted by atomic mass is 10.1. The number of carbonyl (C=O) groups excluding carboxylic acids is 2. The Morgan fingerprint density at radius 3 is 2.45 bits per heavy atom. The van der Waals surface area contributed by atoms with E-state index in [1.165, 1.54) is 0 Å². The summed E-state index contributed by atoms with van der Waals surface area (Å²) in [4.78, 5) is 31.9. The van der Waals surface area contributed by atoms with Crippen LogP contribution in [0.4, 0.5) is 10.5 Å². The highest BCUT2D eigenvalue weighted by Gasteiger charge is 2.27. The summed E-state index contributed by atoms with van der Waals surface area (Å²) in [5.41, 5.74) is 3.77. The average molecular weight is 566 g/mol. The van der Waals surface area contributed by atoms with Crippen LogP contribution in [-0.2, 0) is 22.5 Å². The maximum atomic E-state index is 13.8. The number of hydrogen-bond acceptors (Lipinski definition) is 6. The molecule has 3 aromatic rings. The number of hydrogen-bond donors (Lipinski definition) is 1. The van der Waals surface area contributed by atoms with Crippen molar-refractivity contribution in [3.63, 3.8) is 0 Å². The number of nitrogens with zero attached hydrogens (tertiary/aromatic N) is 2. The standard InChI is InChI=1S/C31H39N3O5S/c1-22-8-5-9-23(2)30(22)32-31(36)34(19-25-10-6-16-39-25)21-29(35)33(20-26-11-7-17-40-26)15-14-24-12-13-27(37-3)28(18-24)38-4/h5,7-9,11-13,17-18,25H,6,10,14-16,19-21H2,1-4H3,(H,32,36). The summed E-state index contributed by atoms with van der Waals surface area (Å²) >= 11 is 1.61. The quantitative estimate of drug-likeness (QED) is 0.306. The van der Waals surface area contributed by atoms with Crippen molar-refractivity contribution in [1.82, 2.24) is 9.80 Å². The third-order valence-corrected chi connectivity index (χ3v) is 8.03. The number of nitrogens with one attached hydrogen (secondary N) is 1. The summed E-state index contributed by atoms with van der Waals surface area (Å²) in [7, 11) is 3.22. The number of urea groups is 1. The van der Waals surface area contributed by atoms with Crippen molar-refractivity contribution in [2.45, 2.75) is 45.8 Å². The smallest absolute Gasteiger partial charge is 0.322 e. The maximum Gasteiger partial charge on any atom is 0.322 e. The summed E-state index contributed by atoms with van der Waals surface area (Å²) in [6.07, 6.45) is 2.40. The molecule has 1 fully saturated rings. The predicted octanol–water partition coefficient (Wildman–Crippen LogP) is 5.67. The molecule has 1 aliphatic heterocycles. The van der Waals surface area contributed by atoms with Crippen LogP contribution in [-0.4, -0.2) is 68.3 Å². The van der Waals surface area contributed by atoms with E-state index in [2.05, 4.69) is 5.32 Å². The molecule has 1 atom stereocenters. The first-order valence-electron chi connectivity index (χ1n) is 13.6. The SMILES string of the molecule is COc1ccc(CCN(Cc2cccs2)C(=O)CN(CC2CCCO2)C(=O)Nc2c(C)cccc2C)cc1OC. The Morgan fingerprint density at radius 1 is 1.02 bits per heavy atom. The van der Waals surface area contributed by atoms with Gasteiger partial charge in [0.15, 0.2) is 11.5 Å². The number of ether oxygens (including phenoxy) is 3. The van der Waals surface area contributed by atoms with Gasteiger partial charge in [-0.2, -0.15) is 0 Å². The lowest BCUT2D eigenvalue weighted by Crippen LogP contribution is -2.47. The molecule has 0 bridgehead atoms. The van der Waals surface area contributed by atoms with E-state index >= 15 is 0 Å². The highest BCUT2D eigenvalue weighted by Crippen LogP contribution is 2.28. The Morgan fingerprint density at radius 2 is 1.80 bits per heavy atom. The number of carbonyl (C=O) groups is 2. The van der Waals surface area contributed by atoms with Gasteiger partial charge in [-0.25, -0.2) is 4.79 Å². The minimum absolute atomic E-state index is 0.0338. The Hall–Kier alpha value is -3.56. The summed E-state index contributed by atoms with van der Waals surface area (Å²) in [6.45, 7) is 5.93. The van der Waals surface area contributed by atoms with Gasteiger partial charge in [-0.3, -0.25) is 4.79 Å². The van der Waals surface area contributed by atoms with E-state index in [9.17, 15) is 9.59 Å². The largest absolute Gasteiger partial charge is 0.493 e. The number of anilines is 1. The van der Waals surface area contributed by atoms with Crippen molar-refractivity contribution in [3.8, 4) is 11.5 Å². The molecular weight excluding hydrogens is 526 g/mol. The topological polar surface area (TPSA) is 80.3 Å². The molecule has 1 saturated heterocycles. The highest BCUT2D eigenvalue weighted by molar-refractivity contribution is 7.09. The lowest BCUT2D eigenvalue weighted by Gasteiger charge is -2.29. The molecule has 0 saturated carbocycles. The Kier molecular flexibility index (Phi) is 10.4. The predicted molar refractivity (Wildman–Crippen MR) is 158 cm³/mol. The van der Waals surface area contributed by atoms with E-state index < -0.39 is 0 Å². The molecule has 0 radical (unpaired) electrons. The fraction of sp³-hybridized carbons (Fsp3) is 0.419. The first kappa shape index (κ1) is 29.4. The van der Waals surface area contributed by atoms with Crippen molar-refractivity contribution in [2.24, 2.45) is 0 Å². The lowest BCUT2D eigenvalue weighted by molar-refractivity contribution is -0.132. The molecule has 0 spiro atoms. The third-order valence-electron chi connectivity index (χ3n) is 7.17. The first-order chi connectivity index (χ1) is 19.4. The number of benzene rings is 2. The first-order valence-corrected chi connectivity index (χ1v) is 14.5. The molecule has 1 unspecified atom stereocenters. The fourth-order valence-corrected chi connectivity index (χ4v) is 5.62. The third kappa shape index (κ3) is 7.76. The van der Waals surface area contributed by atoms with E-state index in [4.69, 9.17) is 14.2 Å². The molecule has 2 heterocycles. The van der Waals surface area contributed by atoms with Gasteiger partial charge in [-0.1, -0.05) is 30.3 Å². The zero-order valence-electron chi connectivity index (χ0n) is 23.8. The van der Waals surface area contributed by atoms with Gasteiger partial charge >= 0.3 is 6.03 Å².